The molecule has 0 aromatic rings. The molecule has 1 N–H and O–H groups in total. The van der Waals surface area contributed by atoms with Crippen molar-refractivity contribution in [3.05, 3.63) is 0 Å². The molecular weight excluding hydrogens is 270 g/mol. The van der Waals surface area contributed by atoms with Gasteiger partial charge in [0, 0.05) is 19.0 Å². The normalized spacial score (nSPS) is 22.4. The topological polar surface area (TPSA) is 60.9 Å². The Balaban J connectivity index is 2.02. The third kappa shape index (κ3) is 3.45. The van der Waals surface area contributed by atoms with E-state index in [0.29, 0.717) is 13.0 Å². The highest BCUT2D eigenvalue weighted by Crippen LogP contribution is 2.34. The van der Waals surface area contributed by atoms with Gasteiger partial charge in [0.15, 0.2) is 0 Å². The molecule has 20 heavy (non-hydrogen) atoms. The van der Waals surface area contributed by atoms with Crippen LogP contribution in [0.5, 0.6) is 0 Å². The van der Waals surface area contributed by atoms with Gasteiger partial charge in [-0.05, 0) is 25.7 Å². The van der Waals surface area contributed by atoms with Gasteiger partial charge in [-0.3, -0.25) is 9.59 Å². The van der Waals surface area contributed by atoms with Gasteiger partial charge in [0.05, 0.1) is 13.2 Å². The minimum atomic E-state index is -2.64. The van der Waals surface area contributed by atoms with Gasteiger partial charge in [-0.15, -0.1) is 0 Å². The quantitative estimate of drug-likeness (QED) is 0.774. The van der Waals surface area contributed by atoms with E-state index in [2.05, 4.69) is 0 Å². The van der Waals surface area contributed by atoms with Gasteiger partial charge in [-0.1, -0.05) is 0 Å². The summed E-state index contributed by atoms with van der Waals surface area (Å²) in [6, 6.07) is -0.631. The maximum absolute atomic E-state index is 12.5. The minimum Gasteiger partial charge on any atom is -0.395 e. The van der Waals surface area contributed by atoms with Crippen LogP contribution in [0.2, 0.25) is 0 Å². The molecule has 1 saturated carbocycles. The first-order chi connectivity index (χ1) is 9.54. The molecule has 1 aliphatic carbocycles. The monoisotopic (exact) mass is 290 g/mol. The van der Waals surface area contributed by atoms with Crippen LogP contribution in [-0.2, 0) is 9.59 Å². The number of carbonyl (C=O) groups is 2. The van der Waals surface area contributed by atoms with E-state index in [4.69, 9.17) is 5.11 Å². The van der Waals surface area contributed by atoms with Crippen molar-refractivity contribution in [3.63, 3.8) is 0 Å². The first kappa shape index (κ1) is 15.2. The van der Waals surface area contributed by atoms with Crippen molar-refractivity contribution in [2.24, 2.45) is 5.92 Å². The van der Waals surface area contributed by atoms with E-state index in [0.717, 1.165) is 24.2 Å². The summed E-state index contributed by atoms with van der Waals surface area (Å²) < 4.78 is 25.0. The van der Waals surface area contributed by atoms with Crippen LogP contribution in [0.1, 0.15) is 25.7 Å². The van der Waals surface area contributed by atoms with Crippen LogP contribution in [0.4, 0.5) is 8.78 Å². The highest BCUT2D eigenvalue weighted by Gasteiger charge is 2.42. The van der Waals surface area contributed by atoms with Crippen molar-refractivity contribution in [2.45, 2.75) is 38.2 Å². The maximum Gasteiger partial charge on any atom is 0.255 e. The first-order valence-electron chi connectivity index (χ1n) is 7.03. The number of amides is 2. The standard InChI is InChI=1S/C13H20F2N2O3/c14-11(15)8-16(6-7-18)13(20)10-2-1-5-17(10)12(19)9-3-4-9/h9-11,18H,1-8H2. The maximum atomic E-state index is 12.5. The number of hydrogen-bond acceptors (Lipinski definition) is 3. The van der Waals surface area contributed by atoms with Gasteiger partial charge in [0.1, 0.15) is 6.04 Å². The summed E-state index contributed by atoms with van der Waals surface area (Å²) in [6.45, 7) is -0.651. The molecule has 0 bridgehead atoms. The van der Waals surface area contributed by atoms with Crippen molar-refractivity contribution < 1.29 is 23.5 Å². The van der Waals surface area contributed by atoms with E-state index in [1.54, 1.807) is 0 Å². The molecule has 0 aromatic carbocycles. The number of hydrogen-bond donors (Lipinski definition) is 1. The predicted molar refractivity (Wildman–Crippen MR) is 67.1 cm³/mol. The summed E-state index contributed by atoms with van der Waals surface area (Å²) in [7, 11) is 0. The Kier molecular flexibility index (Phi) is 4.91. The number of aliphatic hydroxyl groups excluding tert-OH is 1. The first-order valence-corrected chi connectivity index (χ1v) is 7.03. The molecule has 2 aliphatic rings. The lowest BCUT2D eigenvalue weighted by molar-refractivity contribution is -0.145. The molecule has 0 spiro atoms. The fourth-order valence-electron chi connectivity index (χ4n) is 2.64. The van der Waals surface area contributed by atoms with Gasteiger partial charge in [-0.2, -0.15) is 0 Å². The Hall–Kier alpha value is -1.24. The summed E-state index contributed by atoms with van der Waals surface area (Å²) in [5, 5.41) is 8.90. The van der Waals surface area contributed by atoms with E-state index in [-0.39, 0.29) is 25.0 Å². The lowest BCUT2D eigenvalue weighted by Gasteiger charge is -2.30. The molecule has 1 unspecified atom stereocenters. The Morgan fingerprint density at radius 2 is 2.00 bits per heavy atom. The van der Waals surface area contributed by atoms with Crippen LogP contribution in [0.25, 0.3) is 0 Å². The molecule has 114 valence electrons. The minimum absolute atomic E-state index is 0.0183. The molecular formula is C13H20F2N2O3. The van der Waals surface area contributed by atoms with Crippen LogP contribution in [-0.4, -0.2) is 65.4 Å². The SMILES string of the molecule is O=C(C1CCCN1C(=O)C1CC1)N(CCO)CC(F)F. The van der Waals surface area contributed by atoms with Crippen LogP contribution in [0.3, 0.4) is 0 Å². The largest absolute Gasteiger partial charge is 0.395 e. The van der Waals surface area contributed by atoms with Crippen LogP contribution in [0.15, 0.2) is 0 Å². The van der Waals surface area contributed by atoms with Crippen LogP contribution in [0, 0.1) is 5.92 Å². The van der Waals surface area contributed by atoms with Gasteiger partial charge >= 0.3 is 0 Å². The van der Waals surface area contributed by atoms with E-state index in [9.17, 15) is 18.4 Å². The van der Waals surface area contributed by atoms with Crippen LogP contribution >= 0.6 is 0 Å². The fraction of sp³-hybridized carbons (Fsp3) is 0.846. The average molecular weight is 290 g/mol. The molecule has 0 aromatic heterocycles. The lowest BCUT2D eigenvalue weighted by Crippen LogP contribution is -2.50. The number of rotatable bonds is 6. The van der Waals surface area contributed by atoms with Crippen molar-refractivity contribution in [1.82, 2.24) is 9.80 Å². The van der Waals surface area contributed by atoms with Crippen LogP contribution < -0.4 is 0 Å². The molecule has 2 amide bonds. The zero-order valence-corrected chi connectivity index (χ0v) is 11.3. The summed E-state index contributed by atoms with van der Waals surface area (Å²) in [6.07, 6.45) is 0.305. The Morgan fingerprint density at radius 1 is 1.30 bits per heavy atom. The smallest absolute Gasteiger partial charge is 0.255 e. The summed E-state index contributed by atoms with van der Waals surface area (Å²) in [5.74, 6) is -0.475. The van der Waals surface area contributed by atoms with Crippen molar-refractivity contribution in [3.8, 4) is 0 Å². The van der Waals surface area contributed by atoms with Gasteiger partial charge in [0.2, 0.25) is 11.8 Å². The molecule has 2 rings (SSSR count). The molecule has 1 atom stereocenters. The number of alkyl halides is 2. The molecule has 1 aliphatic heterocycles. The zero-order chi connectivity index (χ0) is 14.7. The van der Waals surface area contributed by atoms with E-state index >= 15 is 0 Å². The average Bonchev–Trinajstić information content (AvgIpc) is 3.13. The Labute approximate surface area is 116 Å². The molecule has 1 saturated heterocycles. The van der Waals surface area contributed by atoms with Gasteiger partial charge in [0.25, 0.3) is 6.43 Å². The number of aliphatic hydroxyl groups is 1. The van der Waals surface area contributed by atoms with Crippen molar-refractivity contribution >= 4 is 11.8 Å². The summed E-state index contributed by atoms with van der Waals surface area (Å²) in [4.78, 5) is 26.9. The fourth-order valence-corrected chi connectivity index (χ4v) is 2.64. The molecule has 5 nitrogen and oxygen atoms in total. The number of nitrogens with zero attached hydrogens (tertiary/aromatic N) is 2. The number of halogens is 2. The van der Waals surface area contributed by atoms with E-state index < -0.39 is 24.9 Å². The lowest BCUT2D eigenvalue weighted by atomic mass is 10.1. The third-order valence-electron chi connectivity index (χ3n) is 3.79. The second kappa shape index (κ2) is 6.47. The van der Waals surface area contributed by atoms with E-state index in [1.807, 2.05) is 0 Å². The Bertz CT molecular complexity index is 375. The Morgan fingerprint density at radius 3 is 2.55 bits per heavy atom. The second-order valence-corrected chi connectivity index (χ2v) is 5.36. The molecule has 7 heteroatoms. The van der Waals surface area contributed by atoms with Crippen molar-refractivity contribution in [1.29, 1.82) is 0 Å². The second-order valence-electron chi connectivity index (χ2n) is 5.36. The van der Waals surface area contributed by atoms with E-state index in [1.165, 1.54) is 4.90 Å². The number of likely N-dealkylation sites (tertiary alicyclic amines) is 1. The summed E-state index contributed by atoms with van der Waals surface area (Å²) >= 11 is 0. The molecule has 2 fully saturated rings. The highest BCUT2D eigenvalue weighted by molar-refractivity contribution is 5.90. The van der Waals surface area contributed by atoms with Crippen molar-refractivity contribution in [2.75, 3.05) is 26.2 Å². The summed E-state index contributed by atoms with van der Waals surface area (Å²) in [5.41, 5.74) is 0. The highest BCUT2D eigenvalue weighted by atomic mass is 19.3. The molecule has 1 heterocycles. The third-order valence-corrected chi connectivity index (χ3v) is 3.79. The van der Waals surface area contributed by atoms with Gasteiger partial charge < -0.3 is 14.9 Å². The predicted octanol–water partition coefficient (Wildman–Crippen LogP) is 0.473. The molecule has 0 radical (unpaired) electrons. The zero-order valence-electron chi connectivity index (χ0n) is 11.3. The number of carbonyl (C=O) groups excluding carboxylic acids is 2. The van der Waals surface area contributed by atoms with Gasteiger partial charge in [-0.25, -0.2) is 8.78 Å².